The van der Waals surface area contributed by atoms with Crippen LogP contribution < -0.4 is 10.6 Å². The predicted molar refractivity (Wildman–Crippen MR) is 64.6 cm³/mol. The van der Waals surface area contributed by atoms with Gasteiger partial charge in [-0.2, -0.15) is 0 Å². The molecule has 4 N–H and O–H groups in total. The van der Waals surface area contributed by atoms with Gasteiger partial charge in [0, 0.05) is 13.0 Å². The number of hydrogen-bond donors (Lipinski definition) is 3. The van der Waals surface area contributed by atoms with Crippen LogP contribution in [-0.4, -0.2) is 35.2 Å². The van der Waals surface area contributed by atoms with Gasteiger partial charge in [0.1, 0.15) is 11.4 Å². The number of rotatable bonds is 3. The average molecular weight is 250 g/mol. The third-order valence-corrected chi connectivity index (χ3v) is 3.05. The fourth-order valence-electron chi connectivity index (χ4n) is 2.14. The van der Waals surface area contributed by atoms with Crippen LogP contribution in [0.1, 0.15) is 16.8 Å². The number of benzene rings is 1. The lowest BCUT2D eigenvalue weighted by molar-refractivity contribution is -0.117. The Morgan fingerprint density at radius 1 is 1.50 bits per heavy atom. The Labute approximate surface area is 104 Å². The highest BCUT2D eigenvalue weighted by molar-refractivity contribution is 6.04. The molecule has 1 aliphatic heterocycles. The topological polar surface area (TPSA) is 104 Å². The lowest BCUT2D eigenvalue weighted by Crippen LogP contribution is -2.27. The minimum atomic E-state index is -1.18. The summed E-state index contributed by atoms with van der Waals surface area (Å²) in [5, 5.41) is 18.9. The number of phenolic OH excluding ortho intramolecular Hbond substituents is 1. The van der Waals surface area contributed by atoms with Gasteiger partial charge in [0.05, 0.1) is 5.56 Å². The van der Waals surface area contributed by atoms with E-state index in [9.17, 15) is 14.7 Å². The molecule has 96 valence electrons. The molecule has 2 rings (SSSR count). The molecule has 1 atom stereocenters. The Hall–Kier alpha value is -2.08. The standard InChI is InChI=1S/C12H14N2O4/c13-5-7-4-10(16)14(6-7)11-8(12(17)18)2-1-3-9(11)15/h1-3,7,15H,4-6,13H2,(H,17,18). The molecule has 0 radical (unpaired) electrons. The van der Waals surface area contributed by atoms with E-state index in [-0.39, 0.29) is 35.2 Å². The van der Waals surface area contributed by atoms with Gasteiger partial charge in [0.15, 0.2) is 0 Å². The highest BCUT2D eigenvalue weighted by Crippen LogP contribution is 2.35. The Morgan fingerprint density at radius 2 is 2.22 bits per heavy atom. The van der Waals surface area contributed by atoms with Crippen LogP contribution in [0.3, 0.4) is 0 Å². The number of anilines is 1. The molecule has 1 heterocycles. The lowest BCUT2D eigenvalue weighted by Gasteiger charge is -2.19. The van der Waals surface area contributed by atoms with Gasteiger partial charge in [-0.3, -0.25) is 4.79 Å². The highest BCUT2D eigenvalue weighted by Gasteiger charge is 2.33. The molecule has 6 nitrogen and oxygen atoms in total. The summed E-state index contributed by atoms with van der Waals surface area (Å²) in [6.45, 7) is 0.700. The average Bonchev–Trinajstić information content (AvgIpc) is 2.70. The molecule has 0 saturated carbocycles. The van der Waals surface area contributed by atoms with Gasteiger partial charge in [-0.05, 0) is 24.6 Å². The molecule has 1 aromatic rings. The molecule has 18 heavy (non-hydrogen) atoms. The molecule has 0 spiro atoms. The Balaban J connectivity index is 2.45. The van der Waals surface area contributed by atoms with E-state index >= 15 is 0 Å². The fraction of sp³-hybridized carbons (Fsp3) is 0.333. The third kappa shape index (κ3) is 2.02. The molecule has 0 bridgehead atoms. The number of hydrogen-bond acceptors (Lipinski definition) is 4. The number of aromatic carboxylic acids is 1. The van der Waals surface area contributed by atoms with E-state index in [0.29, 0.717) is 13.1 Å². The molecular weight excluding hydrogens is 236 g/mol. The first-order valence-electron chi connectivity index (χ1n) is 5.60. The number of phenols is 1. The quantitative estimate of drug-likeness (QED) is 0.720. The van der Waals surface area contributed by atoms with Crippen molar-refractivity contribution in [3.05, 3.63) is 23.8 Å². The van der Waals surface area contributed by atoms with Crippen molar-refractivity contribution < 1.29 is 19.8 Å². The Kier molecular flexibility index (Phi) is 3.20. The molecule has 1 aromatic carbocycles. The van der Waals surface area contributed by atoms with Gasteiger partial charge in [0.2, 0.25) is 5.91 Å². The van der Waals surface area contributed by atoms with Crippen LogP contribution in [0.25, 0.3) is 0 Å². The maximum absolute atomic E-state index is 11.8. The van der Waals surface area contributed by atoms with Gasteiger partial charge in [0.25, 0.3) is 0 Å². The van der Waals surface area contributed by atoms with Crippen LogP contribution in [0, 0.1) is 5.92 Å². The SMILES string of the molecule is NCC1CC(=O)N(c2c(O)cccc2C(=O)O)C1. The highest BCUT2D eigenvalue weighted by atomic mass is 16.4. The second kappa shape index (κ2) is 4.66. The van der Waals surface area contributed by atoms with Crippen LogP contribution in [0.15, 0.2) is 18.2 Å². The van der Waals surface area contributed by atoms with Crippen molar-refractivity contribution in [1.82, 2.24) is 0 Å². The second-order valence-corrected chi connectivity index (χ2v) is 4.29. The first-order valence-corrected chi connectivity index (χ1v) is 5.60. The third-order valence-electron chi connectivity index (χ3n) is 3.05. The first kappa shape index (κ1) is 12.4. The molecule has 1 unspecified atom stereocenters. The summed E-state index contributed by atoms with van der Waals surface area (Å²) in [6, 6.07) is 4.16. The van der Waals surface area contributed by atoms with Crippen molar-refractivity contribution in [3.8, 4) is 5.75 Å². The van der Waals surface area contributed by atoms with Crippen molar-refractivity contribution in [1.29, 1.82) is 0 Å². The van der Waals surface area contributed by atoms with Crippen molar-refractivity contribution in [2.75, 3.05) is 18.0 Å². The predicted octanol–water partition coefficient (Wildman–Crippen LogP) is 0.402. The van der Waals surface area contributed by atoms with Gasteiger partial charge in [-0.25, -0.2) is 4.79 Å². The molecule has 1 fully saturated rings. The minimum Gasteiger partial charge on any atom is -0.506 e. The van der Waals surface area contributed by atoms with Crippen LogP contribution in [0.2, 0.25) is 0 Å². The summed E-state index contributed by atoms with van der Waals surface area (Å²) in [7, 11) is 0. The fourth-order valence-corrected chi connectivity index (χ4v) is 2.14. The zero-order valence-corrected chi connectivity index (χ0v) is 9.67. The van der Waals surface area contributed by atoms with E-state index in [1.165, 1.54) is 23.1 Å². The molecule has 1 saturated heterocycles. The van der Waals surface area contributed by atoms with Gasteiger partial charge in [-0.15, -0.1) is 0 Å². The van der Waals surface area contributed by atoms with E-state index in [1.54, 1.807) is 0 Å². The van der Waals surface area contributed by atoms with Gasteiger partial charge in [-0.1, -0.05) is 6.07 Å². The number of carboxylic acids is 1. The zero-order chi connectivity index (χ0) is 13.3. The number of carboxylic acid groups (broad SMARTS) is 1. The maximum atomic E-state index is 11.8. The number of carbonyl (C=O) groups is 2. The summed E-state index contributed by atoms with van der Waals surface area (Å²) < 4.78 is 0. The minimum absolute atomic E-state index is 0.00116. The number of carbonyl (C=O) groups excluding carboxylic acids is 1. The molecule has 1 aliphatic rings. The summed E-state index contributed by atoms with van der Waals surface area (Å²) in [5.41, 5.74) is 5.49. The van der Waals surface area contributed by atoms with Crippen molar-refractivity contribution in [2.24, 2.45) is 11.7 Å². The van der Waals surface area contributed by atoms with E-state index < -0.39 is 5.97 Å². The van der Waals surface area contributed by atoms with E-state index in [0.717, 1.165) is 0 Å². The summed E-state index contributed by atoms with van der Waals surface area (Å²) in [6.07, 6.45) is 0.282. The number of para-hydroxylation sites is 1. The molecule has 1 amide bonds. The Morgan fingerprint density at radius 3 is 2.78 bits per heavy atom. The van der Waals surface area contributed by atoms with Crippen LogP contribution >= 0.6 is 0 Å². The number of nitrogens with zero attached hydrogens (tertiary/aromatic N) is 1. The smallest absolute Gasteiger partial charge is 0.337 e. The molecule has 6 heteroatoms. The van der Waals surface area contributed by atoms with Crippen molar-refractivity contribution in [3.63, 3.8) is 0 Å². The summed E-state index contributed by atoms with van der Waals surface area (Å²) in [4.78, 5) is 24.3. The Bertz CT molecular complexity index is 501. The summed E-state index contributed by atoms with van der Waals surface area (Å²) >= 11 is 0. The second-order valence-electron chi connectivity index (χ2n) is 4.29. The molecule has 0 aromatic heterocycles. The first-order chi connectivity index (χ1) is 8.54. The normalized spacial score (nSPS) is 19.3. The maximum Gasteiger partial charge on any atom is 0.337 e. The summed E-state index contributed by atoms with van der Waals surface area (Å²) in [5.74, 6) is -1.60. The van der Waals surface area contributed by atoms with Gasteiger partial charge < -0.3 is 20.8 Å². The van der Waals surface area contributed by atoms with Crippen LogP contribution in [-0.2, 0) is 4.79 Å². The molecule has 0 aliphatic carbocycles. The number of nitrogens with two attached hydrogens (primary N) is 1. The number of amides is 1. The monoisotopic (exact) mass is 250 g/mol. The lowest BCUT2D eigenvalue weighted by atomic mass is 10.1. The largest absolute Gasteiger partial charge is 0.506 e. The zero-order valence-electron chi connectivity index (χ0n) is 9.67. The number of aromatic hydroxyl groups is 1. The van der Waals surface area contributed by atoms with Crippen molar-refractivity contribution >= 4 is 17.6 Å². The molecular formula is C12H14N2O4. The van der Waals surface area contributed by atoms with Crippen LogP contribution in [0.4, 0.5) is 5.69 Å². The van der Waals surface area contributed by atoms with Gasteiger partial charge >= 0.3 is 5.97 Å². The van der Waals surface area contributed by atoms with E-state index in [4.69, 9.17) is 10.8 Å². The van der Waals surface area contributed by atoms with E-state index in [2.05, 4.69) is 0 Å². The van der Waals surface area contributed by atoms with Crippen molar-refractivity contribution in [2.45, 2.75) is 6.42 Å². The van der Waals surface area contributed by atoms with E-state index in [1.807, 2.05) is 0 Å². The van der Waals surface area contributed by atoms with Crippen LogP contribution in [0.5, 0.6) is 5.75 Å².